The number of thioether (sulfide) groups is 1. The Morgan fingerprint density at radius 3 is 2.58 bits per heavy atom. The number of alkyl halides is 1. The highest BCUT2D eigenvalue weighted by atomic mass is 35.5. The molecule has 26 heavy (non-hydrogen) atoms. The minimum Gasteiger partial charge on any atom is -0.461 e. The summed E-state index contributed by atoms with van der Waals surface area (Å²) in [5.41, 5.74) is 0. The predicted molar refractivity (Wildman–Crippen MR) is 105 cm³/mol. The molecule has 2 aliphatic rings. The van der Waals surface area contributed by atoms with Crippen LogP contribution in [0.1, 0.15) is 44.9 Å². The van der Waals surface area contributed by atoms with E-state index in [0.29, 0.717) is 18.7 Å². The highest BCUT2D eigenvalue weighted by molar-refractivity contribution is 7.99. The summed E-state index contributed by atoms with van der Waals surface area (Å²) < 4.78 is 5.68. The van der Waals surface area contributed by atoms with Crippen LogP contribution in [-0.2, 0) is 14.3 Å². The third-order valence-electron chi connectivity index (χ3n) is 5.05. The molecule has 1 aliphatic heterocycles. The standard InChI is InChI=1S/C20H26ClNO3S/c21-17(14-26-16-10-5-2-6-11-16)19(23)22-13-7-12-18(22)20(24)25-15-8-3-1-4-9-15/h2,5-6,10-11,15,17-18H,1,3-4,7-9,12-14H2/t17-,18-/m0/s1. The van der Waals surface area contributed by atoms with E-state index in [1.807, 2.05) is 30.3 Å². The summed E-state index contributed by atoms with van der Waals surface area (Å²) in [6.45, 7) is 0.586. The van der Waals surface area contributed by atoms with Crippen LogP contribution in [0.2, 0.25) is 0 Å². The third kappa shape index (κ3) is 5.17. The molecule has 1 heterocycles. The summed E-state index contributed by atoms with van der Waals surface area (Å²) in [5, 5.41) is -0.636. The molecule has 2 fully saturated rings. The summed E-state index contributed by atoms with van der Waals surface area (Å²) in [6, 6.07) is 9.42. The van der Waals surface area contributed by atoms with Crippen LogP contribution in [0, 0.1) is 0 Å². The SMILES string of the molecule is O=C(OC1CCCCC1)[C@@H]1CCCN1C(=O)[C@@H](Cl)CSc1ccccc1. The molecule has 4 nitrogen and oxygen atoms in total. The number of likely N-dealkylation sites (tertiary alicyclic amines) is 1. The van der Waals surface area contributed by atoms with Crippen molar-refractivity contribution in [3.05, 3.63) is 30.3 Å². The van der Waals surface area contributed by atoms with E-state index in [2.05, 4.69) is 0 Å². The molecule has 3 rings (SSSR count). The van der Waals surface area contributed by atoms with Crippen molar-refractivity contribution in [1.29, 1.82) is 0 Å². The first-order valence-electron chi connectivity index (χ1n) is 9.48. The molecule has 1 amide bonds. The van der Waals surface area contributed by atoms with E-state index in [9.17, 15) is 9.59 Å². The van der Waals surface area contributed by atoms with Gasteiger partial charge in [-0.3, -0.25) is 4.79 Å². The quantitative estimate of drug-likeness (QED) is 0.410. The Morgan fingerprint density at radius 2 is 1.85 bits per heavy atom. The number of rotatable bonds is 6. The van der Waals surface area contributed by atoms with Crippen LogP contribution in [0.5, 0.6) is 0 Å². The molecule has 142 valence electrons. The Labute approximate surface area is 164 Å². The van der Waals surface area contributed by atoms with Gasteiger partial charge in [0.05, 0.1) is 0 Å². The summed E-state index contributed by atoms with van der Waals surface area (Å²) in [6.07, 6.45) is 6.86. The monoisotopic (exact) mass is 395 g/mol. The van der Waals surface area contributed by atoms with Gasteiger partial charge in [-0.2, -0.15) is 0 Å². The molecule has 6 heteroatoms. The molecule has 0 bridgehead atoms. The summed E-state index contributed by atoms with van der Waals surface area (Å²) >= 11 is 7.92. The molecule has 0 radical (unpaired) electrons. The van der Waals surface area contributed by atoms with Gasteiger partial charge in [-0.1, -0.05) is 24.6 Å². The van der Waals surface area contributed by atoms with Crippen LogP contribution >= 0.6 is 23.4 Å². The average Bonchev–Trinajstić information content (AvgIpc) is 3.17. The fourth-order valence-electron chi connectivity index (χ4n) is 3.64. The molecule has 1 aromatic carbocycles. The van der Waals surface area contributed by atoms with Crippen molar-refractivity contribution in [2.45, 2.75) is 67.4 Å². The predicted octanol–water partition coefficient (Wildman–Crippen LogP) is 4.25. The molecule has 0 N–H and O–H groups in total. The first kappa shape index (κ1) is 19.6. The molecular weight excluding hydrogens is 370 g/mol. The summed E-state index contributed by atoms with van der Waals surface area (Å²) in [7, 11) is 0. The van der Waals surface area contributed by atoms with Gasteiger partial charge >= 0.3 is 5.97 Å². The highest BCUT2D eigenvalue weighted by Gasteiger charge is 2.38. The fourth-order valence-corrected chi connectivity index (χ4v) is 4.78. The number of halogens is 1. The van der Waals surface area contributed by atoms with Gasteiger partial charge in [0.15, 0.2) is 0 Å². The average molecular weight is 396 g/mol. The Kier molecular flexibility index (Phi) is 7.26. The van der Waals surface area contributed by atoms with Crippen LogP contribution < -0.4 is 0 Å². The molecular formula is C20H26ClNO3S. The molecule has 1 saturated carbocycles. The van der Waals surface area contributed by atoms with E-state index in [0.717, 1.165) is 37.0 Å². The van der Waals surface area contributed by atoms with Crippen molar-refractivity contribution >= 4 is 35.2 Å². The lowest BCUT2D eigenvalue weighted by Crippen LogP contribution is -2.46. The zero-order valence-corrected chi connectivity index (χ0v) is 16.5. The number of carbonyl (C=O) groups is 2. The highest BCUT2D eigenvalue weighted by Crippen LogP contribution is 2.27. The number of nitrogens with zero attached hydrogens (tertiary/aromatic N) is 1. The number of hydrogen-bond acceptors (Lipinski definition) is 4. The van der Waals surface area contributed by atoms with Gasteiger partial charge in [0.2, 0.25) is 5.91 Å². The van der Waals surface area contributed by atoms with Crippen molar-refractivity contribution in [1.82, 2.24) is 4.90 Å². The van der Waals surface area contributed by atoms with Crippen molar-refractivity contribution < 1.29 is 14.3 Å². The number of ether oxygens (including phenoxy) is 1. The van der Waals surface area contributed by atoms with Crippen molar-refractivity contribution in [2.75, 3.05) is 12.3 Å². The second-order valence-corrected chi connectivity index (χ2v) is 8.60. The first-order valence-corrected chi connectivity index (χ1v) is 10.9. The van der Waals surface area contributed by atoms with E-state index in [1.54, 1.807) is 16.7 Å². The molecule has 2 atom stereocenters. The van der Waals surface area contributed by atoms with Gasteiger partial charge in [0.1, 0.15) is 17.5 Å². The van der Waals surface area contributed by atoms with E-state index < -0.39 is 11.4 Å². The van der Waals surface area contributed by atoms with E-state index in [4.69, 9.17) is 16.3 Å². The van der Waals surface area contributed by atoms with Gasteiger partial charge < -0.3 is 9.64 Å². The number of hydrogen-bond donors (Lipinski definition) is 0. The first-order chi connectivity index (χ1) is 12.6. The van der Waals surface area contributed by atoms with E-state index in [-0.39, 0.29) is 18.0 Å². The lowest BCUT2D eigenvalue weighted by Gasteiger charge is -2.28. The van der Waals surface area contributed by atoms with Crippen LogP contribution in [-0.4, -0.2) is 46.6 Å². The molecule has 1 aromatic rings. The Balaban J connectivity index is 1.52. The third-order valence-corrected chi connectivity index (χ3v) is 6.68. The fraction of sp³-hybridized carbons (Fsp3) is 0.600. The van der Waals surface area contributed by atoms with Gasteiger partial charge in [0, 0.05) is 17.2 Å². The van der Waals surface area contributed by atoms with Crippen LogP contribution in [0.4, 0.5) is 0 Å². The lowest BCUT2D eigenvalue weighted by molar-refractivity contribution is -0.159. The Hall–Kier alpha value is -1.20. The molecule has 0 spiro atoms. The molecule has 0 unspecified atom stereocenters. The molecule has 1 saturated heterocycles. The maximum Gasteiger partial charge on any atom is 0.329 e. The summed E-state index contributed by atoms with van der Waals surface area (Å²) in [4.78, 5) is 28.0. The van der Waals surface area contributed by atoms with Crippen LogP contribution in [0.25, 0.3) is 0 Å². The second-order valence-electron chi connectivity index (χ2n) is 6.98. The number of carbonyl (C=O) groups excluding carboxylic acids is 2. The minimum atomic E-state index is -0.636. The van der Waals surface area contributed by atoms with Gasteiger partial charge in [-0.15, -0.1) is 23.4 Å². The van der Waals surface area contributed by atoms with Crippen molar-refractivity contribution in [2.24, 2.45) is 0 Å². The van der Waals surface area contributed by atoms with Crippen molar-refractivity contribution in [3.8, 4) is 0 Å². The van der Waals surface area contributed by atoms with Gasteiger partial charge in [0.25, 0.3) is 0 Å². The number of amides is 1. The van der Waals surface area contributed by atoms with Crippen LogP contribution in [0.3, 0.4) is 0 Å². The Bertz CT molecular complexity index is 606. The minimum absolute atomic E-state index is 0.0224. The van der Waals surface area contributed by atoms with E-state index >= 15 is 0 Å². The topological polar surface area (TPSA) is 46.6 Å². The smallest absolute Gasteiger partial charge is 0.329 e. The molecule has 0 aromatic heterocycles. The molecule has 1 aliphatic carbocycles. The Morgan fingerprint density at radius 1 is 1.12 bits per heavy atom. The summed E-state index contributed by atoms with van der Waals surface area (Å²) in [5.74, 6) is 0.0891. The second kappa shape index (κ2) is 9.65. The zero-order valence-electron chi connectivity index (χ0n) is 14.9. The van der Waals surface area contributed by atoms with Gasteiger partial charge in [-0.05, 0) is 50.7 Å². The number of benzene rings is 1. The largest absolute Gasteiger partial charge is 0.461 e. The lowest BCUT2D eigenvalue weighted by atomic mass is 9.98. The maximum absolute atomic E-state index is 12.7. The van der Waals surface area contributed by atoms with Crippen molar-refractivity contribution in [3.63, 3.8) is 0 Å². The van der Waals surface area contributed by atoms with Gasteiger partial charge in [-0.25, -0.2) is 4.79 Å². The van der Waals surface area contributed by atoms with Crippen LogP contribution in [0.15, 0.2) is 35.2 Å². The van der Waals surface area contributed by atoms with E-state index in [1.165, 1.54) is 6.42 Å². The number of esters is 1. The maximum atomic E-state index is 12.7. The normalized spacial score (nSPS) is 22.2. The zero-order chi connectivity index (χ0) is 18.4.